The lowest BCUT2D eigenvalue weighted by molar-refractivity contribution is 0.560. The maximum atomic E-state index is 13.2. The lowest BCUT2D eigenvalue weighted by atomic mass is 10.1. The maximum absolute atomic E-state index is 13.2. The Hall–Kier alpha value is -1.43. The third-order valence-electron chi connectivity index (χ3n) is 1.63. The van der Waals surface area contributed by atoms with Crippen molar-refractivity contribution in [2.45, 2.75) is 20.3 Å². The summed E-state index contributed by atoms with van der Waals surface area (Å²) in [6.45, 7) is 10.7. The molecule has 1 aromatic rings. The van der Waals surface area contributed by atoms with Crippen LogP contribution in [0.25, 0.3) is 4.85 Å². The largest absolute Gasteiger partial charge is 0.270 e. The molecule has 0 saturated carbocycles. The Morgan fingerprint density at radius 2 is 2.31 bits per heavy atom. The van der Waals surface area contributed by atoms with Crippen LogP contribution in [0, 0.1) is 18.3 Å². The Morgan fingerprint density at radius 3 is 2.77 bits per heavy atom. The van der Waals surface area contributed by atoms with Gasteiger partial charge in [0, 0.05) is 6.20 Å². The minimum atomic E-state index is -0.373. The van der Waals surface area contributed by atoms with E-state index in [9.17, 15) is 4.39 Å². The highest BCUT2D eigenvalue weighted by atomic mass is 19.1. The highest BCUT2D eigenvalue weighted by molar-refractivity contribution is 5.42. The molecular weight excluding hydrogens is 167 g/mol. The van der Waals surface area contributed by atoms with Crippen molar-refractivity contribution >= 4 is 5.69 Å². The standard InChI is InChI=1S/C10H11FN2/c1-7(2)4-10-9(11)5-8(12-3)6-13-10/h5-7H,4H2,1-2H3. The van der Waals surface area contributed by atoms with E-state index in [0.29, 0.717) is 18.0 Å². The first-order valence-electron chi connectivity index (χ1n) is 4.15. The number of nitrogens with zero attached hydrogens (tertiary/aromatic N) is 2. The van der Waals surface area contributed by atoms with Crippen LogP contribution in [0.3, 0.4) is 0 Å². The van der Waals surface area contributed by atoms with Crippen LogP contribution in [0.2, 0.25) is 0 Å². The Kier molecular flexibility index (Phi) is 2.97. The van der Waals surface area contributed by atoms with E-state index in [-0.39, 0.29) is 11.5 Å². The summed E-state index contributed by atoms with van der Waals surface area (Å²) < 4.78 is 13.2. The average Bonchev–Trinajstić information content (AvgIpc) is 2.08. The monoisotopic (exact) mass is 178 g/mol. The van der Waals surface area contributed by atoms with Crippen molar-refractivity contribution in [1.82, 2.24) is 4.98 Å². The molecule has 2 nitrogen and oxygen atoms in total. The fourth-order valence-corrected chi connectivity index (χ4v) is 1.05. The smallest absolute Gasteiger partial charge is 0.207 e. The summed E-state index contributed by atoms with van der Waals surface area (Å²) in [7, 11) is 0. The van der Waals surface area contributed by atoms with Crippen LogP contribution < -0.4 is 0 Å². The molecule has 0 aromatic carbocycles. The predicted octanol–water partition coefficient (Wildman–Crippen LogP) is 2.97. The van der Waals surface area contributed by atoms with Gasteiger partial charge in [0.2, 0.25) is 5.69 Å². The van der Waals surface area contributed by atoms with Crippen LogP contribution in [0.4, 0.5) is 10.1 Å². The fraction of sp³-hybridized carbons (Fsp3) is 0.400. The topological polar surface area (TPSA) is 17.2 Å². The van der Waals surface area contributed by atoms with E-state index >= 15 is 0 Å². The molecule has 0 spiro atoms. The third kappa shape index (κ3) is 2.51. The van der Waals surface area contributed by atoms with Gasteiger partial charge >= 0.3 is 0 Å². The summed E-state index contributed by atoms with van der Waals surface area (Å²) in [6.07, 6.45) is 2.03. The number of pyridine rings is 1. The number of halogens is 1. The number of hydrogen-bond acceptors (Lipinski definition) is 1. The zero-order valence-corrected chi connectivity index (χ0v) is 7.71. The minimum absolute atomic E-state index is 0.255. The van der Waals surface area contributed by atoms with E-state index in [0.717, 1.165) is 0 Å². The first kappa shape index (κ1) is 9.66. The number of rotatable bonds is 2. The SMILES string of the molecule is [C-]#[N+]c1cnc(CC(C)C)c(F)c1. The van der Waals surface area contributed by atoms with Gasteiger partial charge in [0.25, 0.3) is 0 Å². The van der Waals surface area contributed by atoms with E-state index in [1.807, 2.05) is 13.8 Å². The number of aromatic nitrogens is 1. The molecule has 0 aliphatic rings. The van der Waals surface area contributed by atoms with E-state index < -0.39 is 0 Å². The molecule has 1 rings (SSSR count). The zero-order chi connectivity index (χ0) is 9.84. The molecule has 1 aromatic heterocycles. The van der Waals surface area contributed by atoms with Gasteiger partial charge < -0.3 is 0 Å². The molecule has 0 bridgehead atoms. The molecule has 0 aliphatic carbocycles. The Labute approximate surface area is 77.2 Å². The van der Waals surface area contributed by atoms with Crippen molar-refractivity contribution in [2.24, 2.45) is 5.92 Å². The van der Waals surface area contributed by atoms with Gasteiger partial charge in [0.1, 0.15) is 5.82 Å². The molecule has 0 N–H and O–H groups in total. The van der Waals surface area contributed by atoms with Gasteiger partial charge in [0.15, 0.2) is 0 Å². The van der Waals surface area contributed by atoms with Crippen molar-refractivity contribution in [3.63, 3.8) is 0 Å². The predicted molar refractivity (Wildman–Crippen MR) is 49.0 cm³/mol. The van der Waals surface area contributed by atoms with Crippen molar-refractivity contribution < 1.29 is 4.39 Å². The lowest BCUT2D eigenvalue weighted by Gasteiger charge is -2.04. The maximum Gasteiger partial charge on any atom is 0.207 e. The van der Waals surface area contributed by atoms with Gasteiger partial charge in [-0.2, -0.15) is 0 Å². The molecule has 0 atom stereocenters. The van der Waals surface area contributed by atoms with E-state index in [2.05, 4.69) is 9.83 Å². The first-order chi connectivity index (χ1) is 6.13. The zero-order valence-electron chi connectivity index (χ0n) is 7.71. The van der Waals surface area contributed by atoms with Gasteiger partial charge in [-0.3, -0.25) is 4.98 Å². The van der Waals surface area contributed by atoms with E-state index in [1.54, 1.807) is 0 Å². The van der Waals surface area contributed by atoms with Crippen LogP contribution in [0.1, 0.15) is 19.5 Å². The summed E-state index contributed by atoms with van der Waals surface area (Å²) in [5.74, 6) is 0.00277. The molecule has 0 unspecified atom stereocenters. The van der Waals surface area contributed by atoms with Gasteiger partial charge in [0.05, 0.1) is 12.3 Å². The summed E-state index contributed by atoms with van der Waals surface area (Å²) in [5, 5.41) is 0. The minimum Gasteiger partial charge on any atom is -0.270 e. The lowest BCUT2D eigenvalue weighted by Crippen LogP contribution is -1.99. The van der Waals surface area contributed by atoms with Crippen molar-refractivity contribution in [3.8, 4) is 0 Å². The molecule has 1 heterocycles. The Bertz CT molecular complexity index is 339. The van der Waals surface area contributed by atoms with Gasteiger partial charge in [-0.25, -0.2) is 9.24 Å². The van der Waals surface area contributed by atoms with Gasteiger partial charge in [-0.1, -0.05) is 13.8 Å². The molecule has 0 amide bonds. The molecular formula is C10H11FN2. The van der Waals surface area contributed by atoms with Crippen LogP contribution in [0.5, 0.6) is 0 Å². The van der Waals surface area contributed by atoms with Crippen molar-refractivity contribution in [2.75, 3.05) is 0 Å². The Morgan fingerprint density at radius 1 is 1.62 bits per heavy atom. The second-order valence-corrected chi connectivity index (χ2v) is 3.33. The quantitative estimate of drug-likeness (QED) is 0.636. The normalized spacial score (nSPS) is 10.1. The summed E-state index contributed by atoms with van der Waals surface area (Å²) in [4.78, 5) is 7.00. The second-order valence-electron chi connectivity index (χ2n) is 3.33. The van der Waals surface area contributed by atoms with Crippen LogP contribution in [0.15, 0.2) is 12.3 Å². The Balaban J connectivity index is 2.93. The highest BCUT2D eigenvalue weighted by Gasteiger charge is 2.06. The number of hydrogen-bond donors (Lipinski definition) is 0. The van der Waals surface area contributed by atoms with Gasteiger partial charge in [-0.05, 0) is 18.4 Å². The summed E-state index contributed by atoms with van der Waals surface area (Å²) in [6, 6.07) is 1.23. The first-order valence-corrected chi connectivity index (χ1v) is 4.15. The molecule has 3 heteroatoms. The van der Waals surface area contributed by atoms with E-state index in [4.69, 9.17) is 6.57 Å². The third-order valence-corrected chi connectivity index (χ3v) is 1.63. The summed E-state index contributed by atoms with van der Waals surface area (Å²) >= 11 is 0. The molecule has 0 fully saturated rings. The molecule has 0 radical (unpaired) electrons. The van der Waals surface area contributed by atoms with Crippen LogP contribution >= 0.6 is 0 Å². The van der Waals surface area contributed by atoms with E-state index in [1.165, 1.54) is 12.3 Å². The van der Waals surface area contributed by atoms with Crippen molar-refractivity contribution in [1.29, 1.82) is 0 Å². The molecule has 0 saturated heterocycles. The average molecular weight is 178 g/mol. The molecule has 68 valence electrons. The van der Waals surface area contributed by atoms with Crippen molar-refractivity contribution in [3.05, 3.63) is 35.2 Å². The van der Waals surface area contributed by atoms with Crippen LogP contribution in [-0.4, -0.2) is 4.98 Å². The molecule has 0 aliphatic heterocycles. The molecule has 13 heavy (non-hydrogen) atoms. The highest BCUT2D eigenvalue weighted by Crippen LogP contribution is 2.16. The fourth-order valence-electron chi connectivity index (χ4n) is 1.05. The second kappa shape index (κ2) is 3.99. The summed E-state index contributed by atoms with van der Waals surface area (Å²) in [5.41, 5.74) is 0.701. The van der Waals surface area contributed by atoms with Crippen LogP contribution in [-0.2, 0) is 6.42 Å². The van der Waals surface area contributed by atoms with Gasteiger partial charge in [-0.15, -0.1) is 0 Å².